The summed E-state index contributed by atoms with van der Waals surface area (Å²) >= 11 is 0. The summed E-state index contributed by atoms with van der Waals surface area (Å²) in [7, 11) is 1.77. The van der Waals surface area contributed by atoms with Gasteiger partial charge >= 0.3 is 7.48 Å². The van der Waals surface area contributed by atoms with Crippen LogP contribution in [0.1, 0.15) is 56.9 Å². The minimum Gasteiger partial charge on any atom is -0.427 e. The fourth-order valence-corrected chi connectivity index (χ4v) is 7.22. The average molecular weight is 616 g/mol. The van der Waals surface area contributed by atoms with Crippen molar-refractivity contribution in [2.45, 2.75) is 63.7 Å². The molecule has 0 bridgehead atoms. The molecule has 0 spiro atoms. The lowest BCUT2D eigenvalue weighted by molar-refractivity contribution is -0.0893. The Labute approximate surface area is 278 Å². The van der Waals surface area contributed by atoms with Gasteiger partial charge in [0, 0.05) is 39.6 Å². The van der Waals surface area contributed by atoms with E-state index in [1.54, 1.807) is 21.3 Å². The van der Waals surface area contributed by atoms with Gasteiger partial charge in [-0.2, -0.15) is 0 Å². The number of rotatable bonds is 7. The van der Waals surface area contributed by atoms with E-state index in [2.05, 4.69) is 131 Å². The highest BCUT2D eigenvalue weighted by molar-refractivity contribution is 6.47. The number of nitrogens with zero attached hydrogens (tertiary/aromatic N) is 2. The third kappa shape index (κ3) is 5.09. The van der Waals surface area contributed by atoms with E-state index in [1.807, 2.05) is 19.9 Å². The summed E-state index contributed by atoms with van der Waals surface area (Å²) in [5, 5.41) is 11.9. The fraction of sp³-hybridized carbons (Fsp3) is 0.238. The molecule has 2 heterocycles. The van der Waals surface area contributed by atoms with Crippen molar-refractivity contribution in [3.63, 3.8) is 0 Å². The van der Waals surface area contributed by atoms with E-state index in [9.17, 15) is 5.11 Å². The van der Waals surface area contributed by atoms with Gasteiger partial charge in [0.1, 0.15) is 0 Å². The monoisotopic (exact) mass is 615 g/mol. The topological polar surface area (TPSA) is 37.6 Å². The zero-order chi connectivity index (χ0) is 32.3. The number of hydrogen-bond acceptors (Lipinski definition) is 3. The molecule has 1 aliphatic heterocycles. The zero-order valence-electron chi connectivity index (χ0n) is 27.5. The molecule has 2 unspecified atom stereocenters. The predicted molar refractivity (Wildman–Crippen MR) is 196 cm³/mol. The summed E-state index contributed by atoms with van der Waals surface area (Å²) in [5.74, 6) is 0.253. The van der Waals surface area contributed by atoms with E-state index in [0.717, 1.165) is 24.0 Å². The van der Waals surface area contributed by atoms with Gasteiger partial charge in [0.25, 0.3) is 0 Å². The van der Waals surface area contributed by atoms with Crippen LogP contribution in [0.3, 0.4) is 0 Å². The molecular weight excluding hydrogens is 575 g/mol. The van der Waals surface area contributed by atoms with Crippen molar-refractivity contribution in [1.29, 1.82) is 0 Å². The molecule has 0 saturated heterocycles. The predicted octanol–water partition coefficient (Wildman–Crippen LogP) is 8.80. The van der Waals surface area contributed by atoms with Gasteiger partial charge in [-0.15, -0.1) is 0 Å². The first-order chi connectivity index (χ1) is 22.7. The maximum Gasteiger partial charge on any atom is 0.330 e. The molecule has 3 aliphatic rings. The van der Waals surface area contributed by atoms with Crippen LogP contribution in [0.25, 0.3) is 33.8 Å². The standard InChI is InChI=1S/C42H40BN2O2/c1-41(2,46)42(3,4)47-43-30-14-12-16-32(27-30)45-39-22-10-7-19-35(39)36-26-29(23-24-40(36)45)28-13-11-15-31(25-28)44-37-20-8-5-17-33(37)34-18-6-9-21-38(34)44/h5-8,10-20,22-27,35,39,46H,9,21H2,1-4H3. The first kappa shape index (κ1) is 29.8. The Hall–Kier alpha value is -4.58. The normalized spacial score (nSPS) is 18.4. The molecule has 0 saturated carbocycles. The number of aromatic nitrogens is 1. The first-order valence-electron chi connectivity index (χ1n) is 16.7. The Bertz CT molecular complexity index is 2090. The van der Waals surface area contributed by atoms with E-state index in [1.165, 1.54) is 50.2 Å². The Kier molecular flexibility index (Phi) is 7.16. The lowest BCUT2D eigenvalue weighted by atomic mass is 9.82. The number of allylic oxidation sites excluding steroid dienone is 3. The van der Waals surface area contributed by atoms with Crippen LogP contribution in [0.4, 0.5) is 11.4 Å². The van der Waals surface area contributed by atoms with Crippen molar-refractivity contribution in [3.8, 4) is 16.8 Å². The molecule has 8 rings (SSSR count). The summed E-state index contributed by atoms with van der Waals surface area (Å²) in [6.45, 7) is 7.37. The highest BCUT2D eigenvalue weighted by Crippen LogP contribution is 2.48. The van der Waals surface area contributed by atoms with Crippen molar-refractivity contribution >= 4 is 41.3 Å². The van der Waals surface area contributed by atoms with Crippen LogP contribution < -0.4 is 10.4 Å². The Balaban J connectivity index is 1.15. The molecule has 5 aromatic rings. The van der Waals surface area contributed by atoms with Gasteiger partial charge in [-0.1, -0.05) is 90.4 Å². The minimum atomic E-state index is -0.981. The number of anilines is 2. The summed E-state index contributed by atoms with van der Waals surface area (Å²) in [5.41, 5.74) is 10.6. The molecule has 0 amide bonds. The summed E-state index contributed by atoms with van der Waals surface area (Å²) < 4.78 is 8.57. The van der Waals surface area contributed by atoms with Crippen molar-refractivity contribution in [1.82, 2.24) is 4.57 Å². The van der Waals surface area contributed by atoms with Crippen LogP contribution in [0.2, 0.25) is 0 Å². The van der Waals surface area contributed by atoms with Crippen LogP contribution in [-0.2, 0) is 11.1 Å². The van der Waals surface area contributed by atoms with Crippen LogP contribution in [-0.4, -0.2) is 34.4 Å². The minimum absolute atomic E-state index is 0.186. The quantitative estimate of drug-likeness (QED) is 0.186. The molecule has 2 atom stereocenters. The second-order valence-electron chi connectivity index (χ2n) is 14.0. The molecule has 2 aliphatic carbocycles. The molecule has 1 aromatic heterocycles. The summed E-state index contributed by atoms with van der Waals surface area (Å²) in [6, 6.07) is 33.4. The van der Waals surface area contributed by atoms with Crippen LogP contribution in [0.5, 0.6) is 0 Å². The van der Waals surface area contributed by atoms with Gasteiger partial charge in [-0.25, -0.2) is 0 Å². The van der Waals surface area contributed by atoms with E-state index >= 15 is 0 Å². The second-order valence-corrected chi connectivity index (χ2v) is 14.0. The maximum absolute atomic E-state index is 10.6. The van der Waals surface area contributed by atoms with Crippen molar-refractivity contribution in [2.24, 2.45) is 0 Å². The number of benzene rings is 4. The Morgan fingerprint density at radius 3 is 2.47 bits per heavy atom. The first-order valence-corrected chi connectivity index (χ1v) is 16.7. The molecule has 0 fully saturated rings. The van der Waals surface area contributed by atoms with Gasteiger partial charge in [-0.3, -0.25) is 0 Å². The molecule has 47 heavy (non-hydrogen) atoms. The van der Waals surface area contributed by atoms with E-state index < -0.39 is 11.2 Å². The second kappa shape index (κ2) is 11.3. The van der Waals surface area contributed by atoms with Crippen molar-refractivity contribution < 1.29 is 9.76 Å². The highest BCUT2D eigenvalue weighted by Gasteiger charge is 2.38. The number of aliphatic hydroxyl groups is 1. The summed E-state index contributed by atoms with van der Waals surface area (Å²) in [6.07, 6.45) is 15.7. The SMILES string of the molecule is CC(C)(O)C(C)(C)O[B]c1cccc(N2c3ccc(-c4cccc(-n5c6c(c7ccccc75)C=CCC6)c4)cc3C3C=CC=CC32)c1. The number of fused-ring (bicyclic) bond motifs is 6. The fourth-order valence-electron chi connectivity index (χ4n) is 7.22. The molecule has 5 heteroatoms. The van der Waals surface area contributed by atoms with E-state index in [0.29, 0.717) is 0 Å². The third-order valence-corrected chi connectivity index (χ3v) is 10.4. The van der Waals surface area contributed by atoms with Crippen molar-refractivity contribution in [3.05, 3.63) is 138 Å². The zero-order valence-corrected chi connectivity index (χ0v) is 27.5. The van der Waals surface area contributed by atoms with Gasteiger partial charge in [0.05, 0.1) is 22.8 Å². The maximum atomic E-state index is 10.6. The lowest BCUT2D eigenvalue weighted by Crippen LogP contribution is -2.49. The Morgan fingerprint density at radius 2 is 1.60 bits per heavy atom. The van der Waals surface area contributed by atoms with Gasteiger partial charge in [0.2, 0.25) is 0 Å². The number of hydrogen-bond donors (Lipinski definition) is 1. The Morgan fingerprint density at radius 1 is 0.809 bits per heavy atom. The van der Waals surface area contributed by atoms with Gasteiger partial charge < -0.3 is 19.2 Å². The highest BCUT2D eigenvalue weighted by atomic mass is 16.5. The van der Waals surface area contributed by atoms with Gasteiger partial charge in [-0.05, 0) is 99.7 Å². The molecule has 4 nitrogen and oxygen atoms in total. The molecule has 1 radical (unpaired) electrons. The average Bonchev–Trinajstić information content (AvgIpc) is 3.60. The summed E-state index contributed by atoms with van der Waals surface area (Å²) in [4.78, 5) is 2.45. The van der Waals surface area contributed by atoms with Crippen LogP contribution >= 0.6 is 0 Å². The van der Waals surface area contributed by atoms with E-state index in [4.69, 9.17) is 4.65 Å². The van der Waals surface area contributed by atoms with E-state index in [-0.39, 0.29) is 12.0 Å². The molecule has 4 aromatic carbocycles. The molecule has 233 valence electrons. The van der Waals surface area contributed by atoms with Crippen molar-refractivity contribution in [2.75, 3.05) is 4.90 Å². The van der Waals surface area contributed by atoms with Crippen LogP contribution in [0, 0.1) is 0 Å². The third-order valence-electron chi connectivity index (χ3n) is 10.4. The molecular formula is C42H40BN2O2. The number of para-hydroxylation sites is 1. The molecule has 1 N–H and O–H groups in total. The van der Waals surface area contributed by atoms with Crippen LogP contribution in [0.15, 0.2) is 121 Å². The largest absolute Gasteiger partial charge is 0.427 e. The smallest absolute Gasteiger partial charge is 0.330 e. The van der Waals surface area contributed by atoms with Gasteiger partial charge in [0.15, 0.2) is 0 Å². The lowest BCUT2D eigenvalue weighted by Gasteiger charge is -2.37.